The zero-order chi connectivity index (χ0) is 7.97. The second-order valence-electron chi connectivity index (χ2n) is 3.35. The molecule has 2 nitrogen and oxygen atoms in total. The molecular formula is C10H11NO. The number of hydrogen-bond donors (Lipinski definition) is 0. The maximum Gasteiger partial charge on any atom is 0.142 e. The van der Waals surface area contributed by atoms with Gasteiger partial charge in [-0.2, -0.15) is 0 Å². The number of benzene rings is 1. The van der Waals surface area contributed by atoms with Crippen LogP contribution in [0, 0.1) is 0 Å². The highest BCUT2D eigenvalue weighted by Crippen LogP contribution is 2.38. The molecule has 62 valence electrons. The van der Waals surface area contributed by atoms with Crippen molar-refractivity contribution in [2.24, 2.45) is 0 Å². The van der Waals surface area contributed by atoms with Crippen LogP contribution in [0.2, 0.25) is 0 Å². The normalized spacial score (nSPS) is 18.8. The zero-order valence-corrected chi connectivity index (χ0v) is 6.92. The van der Waals surface area contributed by atoms with E-state index < -0.39 is 0 Å². The molecule has 1 aromatic carbocycles. The summed E-state index contributed by atoms with van der Waals surface area (Å²) in [6.07, 6.45) is 1.19. The Morgan fingerprint density at radius 2 is 2.25 bits per heavy atom. The quantitative estimate of drug-likeness (QED) is 0.571. The van der Waals surface area contributed by atoms with Crippen LogP contribution >= 0.6 is 0 Å². The van der Waals surface area contributed by atoms with E-state index >= 15 is 0 Å². The topological polar surface area (TPSA) is 12.5 Å². The first-order valence-electron chi connectivity index (χ1n) is 4.45. The van der Waals surface area contributed by atoms with Crippen molar-refractivity contribution in [3.8, 4) is 5.75 Å². The van der Waals surface area contributed by atoms with Crippen LogP contribution in [0.25, 0.3) is 0 Å². The van der Waals surface area contributed by atoms with Crippen LogP contribution in [0.4, 0.5) is 5.69 Å². The van der Waals surface area contributed by atoms with Gasteiger partial charge in [-0.1, -0.05) is 12.1 Å². The standard InChI is InChI=1S/C10H11NO/c1-2-8-4-5-11-6-7-12-9(3-1)10(8)11/h1-3H,4-7H2. The van der Waals surface area contributed by atoms with Crippen molar-refractivity contribution in [3.63, 3.8) is 0 Å². The smallest absolute Gasteiger partial charge is 0.142 e. The van der Waals surface area contributed by atoms with E-state index in [1.807, 2.05) is 0 Å². The highest BCUT2D eigenvalue weighted by atomic mass is 16.5. The van der Waals surface area contributed by atoms with E-state index in [9.17, 15) is 0 Å². The van der Waals surface area contributed by atoms with Gasteiger partial charge >= 0.3 is 0 Å². The van der Waals surface area contributed by atoms with Crippen LogP contribution in [-0.4, -0.2) is 19.7 Å². The summed E-state index contributed by atoms with van der Waals surface area (Å²) in [5, 5.41) is 0. The molecule has 0 saturated heterocycles. The summed E-state index contributed by atoms with van der Waals surface area (Å²) >= 11 is 0. The van der Waals surface area contributed by atoms with E-state index in [-0.39, 0.29) is 0 Å². The van der Waals surface area contributed by atoms with Gasteiger partial charge in [0.1, 0.15) is 12.4 Å². The Morgan fingerprint density at radius 1 is 1.25 bits per heavy atom. The fourth-order valence-corrected chi connectivity index (χ4v) is 2.10. The molecule has 12 heavy (non-hydrogen) atoms. The number of para-hydroxylation sites is 1. The average Bonchev–Trinajstić information content (AvgIpc) is 2.52. The van der Waals surface area contributed by atoms with E-state index in [4.69, 9.17) is 4.74 Å². The highest BCUT2D eigenvalue weighted by molar-refractivity contribution is 5.68. The van der Waals surface area contributed by atoms with Gasteiger partial charge in [-0.05, 0) is 18.1 Å². The molecule has 2 heteroatoms. The monoisotopic (exact) mass is 161 g/mol. The predicted octanol–water partition coefficient (Wildman–Crippen LogP) is 1.44. The SMILES string of the molecule is c1cc2c3c(c1)OCCN3CC2. The van der Waals surface area contributed by atoms with Crippen LogP contribution in [0.15, 0.2) is 18.2 Å². The Hall–Kier alpha value is -1.18. The van der Waals surface area contributed by atoms with E-state index in [0.717, 1.165) is 18.9 Å². The molecule has 0 spiro atoms. The maximum absolute atomic E-state index is 5.57. The molecule has 2 heterocycles. The predicted molar refractivity (Wildman–Crippen MR) is 47.9 cm³/mol. The summed E-state index contributed by atoms with van der Waals surface area (Å²) in [6.45, 7) is 3.08. The van der Waals surface area contributed by atoms with Gasteiger partial charge in [-0.15, -0.1) is 0 Å². The summed E-state index contributed by atoms with van der Waals surface area (Å²) in [4.78, 5) is 2.42. The number of hydrogen-bond acceptors (Lipinski definition) is 2. The third-order valence-electron chi connectivity index (χ3n) is 2.67. The highest BCUT2D eigenvalue weighted by Gasteiger charge is 2.25. The summed E-state index contributed by atoms with van der Waals surface area (Å²) < 4.78 is 5.57. The molecule has 0 radical (unpaired) electrons. The summed E-state index contributed by atoms with van der Waals surface area (Å²) in [5.41, 5.74) is 2.80. The molecule has 1 aromatic rings. The molecular weight excluding hydrogens is 150 g/mol. The second kappa shape index (κ2) is 2.16. The van der Waals surface area contributed by atoms with Gasteiger partial charge in [0, 0.05) is 6.54 Å². The van der Waals surface area contributed by atoms with Crippen molar-refractivity contribution >= 4 is 5.69 Å². The summed E-state index contributed by atoms with van der Waals surface area (Å²) in [7, 11) is 0. The molecule has 0 aliphatic carbocycles. The largest absolute Gasteiger partial charge is 0.490 e. The van der Waals surface area contributed by atoms with Crippen LogP contribution < -0.4 is 9.64 Å². The van der Waals surface area contributed by atoms with Gasteiger partial charge in [0.25, 0.3) is 0 Å². The first kappa shape index (κ1) is 6.35. The van der Waals surface area contributed by atoms with Gasteiger partial charge in [0.15, 0.2) is 0 Å². The van der Waals surface area contributed by atoms with Gasteiger partial charge < -0.3 is 9.64 Å². The molecule has 0 unspecified atom stereocenters. The maximum atomic E-state index is 5.57. The van der Waals surface area contributed by atoms with Gasteiger partial charge in [-0.25, -0.2) is 0 Å². The van der Waals surface area contributed by atoms with Crippen molar-refractivity contribution in [2.45, 2.75) is 6.42 Å². The van der Waals surface area contributed by atoms with E-state index in [2.05, 4.69) is 23.1 Å². The number of ether oxygens (including phenoxy) is 1. The molecule has 0 fully saturated rings. The minimum atomic E-state index is 0.844. The Morgan fingerprint density at radius 3 is 3.25 bits per heavy atom. The average molecular weight is 161 g/mol. The van der Waals surface area contributed by atoms with Crippen molar-refractivity contribution in [1.82, 2.24) is 0 Å². The molecule has 2 aliphatic heterocycles. The molecule has 3 rings (SSSR count). The Kier molecular flexibility index (Phi) is 1.14. The zero-order valence-electron chi connectivity index (χ0n) is 6.92. The van der Waals surface area contributed by atoms with E-state index in [1.165, 1.54) is 24.2 Å². The Balaban J connectivity index is 2.23. The lowest BCUT2D eigenvalue weighted by molar-refractivity contribution is 0.310. The molecule has 0 N–H and O–H groups in total. The van der Waals surface area contributed by atoms with Crippen LogP contribution in [-0.2, 0) is 6.42 Å². The number of rotatable bonds is 0. The fourth-order valence-electron chi connectivity index (χ4n) is 2.10. The van der Waals surface area contributed by atoms with E-state index in [1.54, 1.807) is 0 Å². The first-order chi connectivity index (χ1) is 5.95. The third kappa shape index (κ3) is 0.697. The minimum Gasteiger partial charge on any atom is -0.490 e. The van der Waals surface area contributed by atoms with Crippen molar-refractivity contribution < 1.29 is 4.74 Å². The number of anilines is 1. The molecule has 0 aromatic heterocycles. The molecule has 0 atom stereocenters. The minimum absolute atomic E-state index is 0.844. The lowest BCUT2D eigenvalue weighted by Gasteiger charge is -2.27. The first-order valence-corrected chi connectivity index (χ1v) is 4.45. The molecule has 0 bridgehead atoms. The van der Waals surface area contributed by atoms with Crippen molar-refractivity contribution in [3.05, 3.63) is 23.8 Å². The van der Waals surface area contributed by atoms with Gasteiger partial charge in [0.2, 0.25) is 0 Å². The van der Waals surface area contributed by atoms with E-state index in [0.29, 0.717) is 0 Å². The van der Waals surface area contributed by atoms with Crippen LogP contribution in [0.1, 0.15) is 5.56 Å². The lowest BCUT2D eigenvalue weighted by Crippen LogP contribution is -2.30. The molecule has 2 aliphatic rings. The summed E-state index contributed by atoms with van der Waals surface area (Å²) in [5.74, 6) is 1.08. The van der Waals surface area contributed by atoms with Gasteiger partial charge in [0.05, 0.1) is 12.2 Å². The molecule has 0 saturated carbocycles. The van der Waals surface area contributed by atoms with Crippen LogP contribution in [0.3, 0.4) is 0 Å². The summed E-state index contributed by atoms with van der Waals surface area (Å²) in [6, 6.07) is 6.35. The molecule has 0 amide bonds. The van der Waals surface area contributed by atoms with Gasteiger partial charge in [-0.3, -0.25) is 0 Å². The van der Waals surface area contributed by atoms with Crippen molar-refractivity contribution in [2.75, 3.05) is 24.6 Å². The number of nitrogens with zero attached hydrogens (tertiary/aromatic N) is 1. The third-order valence-corrected chi connectivity index (χ3v) is 2.67. The lowest BCUT2D eigenvalue weighted by atomic mass is 10.1. The Bertz CT molecular complexity index is 322. The van der Waals surface area contributed by atoms with Crippen LogP contribution in [0.5, 0.6) is 5.75 Å². The van der Waals surface area contributed by atoms with Crippen molar-refractivity contribution in [1.29, 1.82) is 0 Å². The fraction of sp³-hybridized carbons (Fsp3) is 0.400. The second-order valence-corrected chi connectivity index (χ2v) is 3.35. The Labute approximate surface area is 71.8 Å².